The van der Waals surface area contributed by atoms with Crippen LogP contribution in [0.4, 0.5) is 0 Å². The van der Waals surface area contributed by atoms with E-state index < -0.39 is 29.1 Å². The normalized spacial score (nSPS) is 17.6. The van der Waals surface area contributed by atoms with Crippen molar-refractivity contribution in [2.75, 3.05) is 33.8 Å². The Balaban J connectivity index is 1.63. The number of hydrogen-bond acceptors (Lipinski definition) is 10. The van der Waals surface area contributed by atoms with E-state index in [-0.39, 0.29) is 29.7 Å². The van der Waals surface area contributed by atoms with Crippen molar-refractivity contribution in [1.82, 2.24) is 9.91 Å². The first-order valence-corrected chi connectivity index (χ1v) is 13.0. The third kappa shape index (κ3) is 6.00. The minimum Gasteiger partial charge on any atom is -0.497 e. The van der Waals surface area contributed by atoms with Crippen LogP contribution in [0, 0.1) is 5.92 Å². The van der Waals surface area contributed by atoms with Crippen molar-refractivity contribution in [2.45, 2.75) is 18.7 Å². The maximum absolute atomic E-state index is 12.6. The van der Waals surface area contributed by atoms with Crippen LogP contribution in [0.25, 0.3) is 0 Å². The van der Waals surface area contributed by atoms with E-state index in [0.29, 0.717) is 28.9 Å². The van der Waals surface area contributed by atoms with Crippen LogP contribution in [0.5, 0.6) is 5.75 Å². The van der Waals surface area contributed by atoms with E-state index in [9.17, 15) is 18.0 Å². The molecule has 11 nitrogen and oxygen atoms in total. The van der Waals surface area contributed by atoms with Crippen LogP contribution in [0.3, 0.4) is 0 Å². The smallest absolute Gasteiger partial charge is 0.497 e. The molecule has 194 valence electrons. The highest BCUT2D eigenvalue weighted by Crippen LogP contribution is 2.28. The van der Waals surface area contributed by atoms with Crippen molar-refractivity contribution in [2.24, 2.45) is 15.4 Å². The van der Waals surface area contributed by atoms with Crippen LogP contribution in [-0.4, -0.2) is 83.2 Å². The third-order valence-corrected chi connectivity index (χ3v) is 6.85. The van der Waals surface area contributed by atoms with Crippen molar-refractivity contribution in [3.05, 3.63) is 53.6 Å². The standard InChI is InChI=1S/C24H27BN4O7S/c1-16(2)13-29(24-18-7-5-6-8-21(18)37(32,33)27-24)26-12-17-9-10-19(20(11-17)34-4)25-35-22(30)14-28(3)15-23(31)36-25/h5-12,16H,13-15H2,1-4H3/b26-12+. The summed E-state index contributed by atoms with van der Waals surface area (Å²) in [6, 6.07) is 11.6. The number of methoxy groups -OCH3 is 1. The van der Waals surface area contributed by atoms with Gasteiger partial charge in [0, 0.05) is 12.1 Å². The lowest BCUT2D eigenvalue weighted by Gasteiger charge is -2.23. The molecule has 2 aliphatic heterocycles. The van der Waals surface area contributed by atoms with E-state index in [4.69, 9.17) is 14.0 Å². The van der Waals surface area contributed by atoms with Gasteiger partial charge in [-0.05, 0) is 36.7 Å². The summed E-state index contributed by atoms with van der Waals surface area (Å²) < 4.78 is 45.2. The van der Waals surface area contributed by atoms with E-state index in [1.807, 2.05) is 13.8 Å². The van der Waals surface area contributed by atoms with E-state index in [1.165, 1.54) is 18.1 Å². The number of carbonyl (C=O) groups is 2. The molecule has 2 aromatic carbocycles. The Morgan fingerprint density at radius 2 is 1.84 bits per heavy atom. The maximum atomic E-state index is 12.6. The summed E-state index contributed by atoms with van der Waals surface area (Å²) in [5.74, 6) is -0.336. The van der Waals surface area contributed by atoms with Gasteiger partial charge in [0.25, 0.3) is 10.0 Å². The largest absolute Gasteiger partial charge is 0.640 e. The fraction of sp³-hybridized carbons (Fsp3) is 0.333. The molecule has 0 unspecified atom stereocenters. The van der Waals surface area contributed by atoms with Crippen molar-refractivity contribution < 1.29 is 32.1 Å². The number of ether oxygens (including phenoxy) is 1. The quantitative estimate of drug-likeness (QED) is 0.306. The van der Waals surface area contributed by atoms with E-state index >= 15 is 0 Å². The number of nitrogens with zero attached hydrogens (tertiary/aromatic N) is 4. The molecule has 0 bridgehead atoms. The molecular formula is C24H27BN4O7S. The molecule has 0 saturated carbocycles. The first-order valence-electron chi connectivity index (χ1n) is 11.6. The van der Waals surface area contributed by atoms with Crippen LogP contribution in [0.1, 0.15) is 25.0 Å². The van der Waals surface area contributed by atoms with Gasteiger partial charge < -0.3 is 14.0 Å². The third-order valence-electron chi connectivity index (χ3n) is 5.53. The molecule has 13 heteroatoms. The SMILES string of the molecule is COc1cc(/C=N/N(CC(C)C)C2=NS(=O)(=O)c3ccccc32)ccc1B1OC(=O)CN(C)CC(=O)O1. The van der Waals surface area contributed by atoms with Crippen molar-refractivity contribution in [1.29, 1.82) is 0 Å². The molecule has 0 N–H and O–H groups in total. The number of amidine groups is 1. The Hall–Kier alpha value is -3.71. The molecule has 1 fully saturated rings. The molecule has 0 radical (unpaired) electrons. The topological polar surface area (TPSA) is 127 Å². The van der Waals surface area contributed by atoms with Crippen molar-refractivity contribution >= 4 is 46.6 Å². The Kier molecular flexibility index (Phi) is 7.64. The summed E-state index contributed by atoms with van der Waals surface area (Å²) in [6.07, 6.45) is 1.55. The lowest BCUT2D eigenvalue weighted by Crippen LogP contribution is -2.48. The van der Waals surface area contributed by atoms with Crippen LogP contribution in [0.15, 0.2) is 56.9 Å². The van der Waals surface area contributed by atoms with Crippen molar-refractivity contribution in [3.63, 3.8) is 0 Å². The molecule has 2 heterocycles. The number of fused-ring (bicyclic) bond motifs is 1. The van der Waals surface area contributed by atoms with Gasteiger partial charge in [0.15, 0.2) is 5.84 Å². The molecule has 2 aromatic rings. The summed E-state index contributed by atoms with van der Waals surface area (Å²) in [5.41, 5.74) is 1.48. The summed E-state index contributed by atoms with van der Waals surface area (Å²) in [7, 11) is -1.99. The number of carbonyl (C=O) groups excluding carboxylic acids is 2. The molecule has 2 aliphatic rings. The predicted octanol–water partition coefficient (Wildman–Crippen LogP) is 0.863. The average molecular weight is 526 g/mol. The van der Waals surface area contributed by atoms with Gasteiger partial charge in [0.1, 0.15) is 10.6 Å². The van der Waals surface area contributed by atoms with Crippen molar-refractivity contribution in [3.8, 4) is 5.75 Å². The molecule has 37 heavy (non-hydrogen) atoms. The number of benzene rings is 2. The molecule has 4 rings (SSSR count). The van der Waals surface area contributed by atoms with Crippen LogP contribution in [0.2, 0.25) is 0 Å². The Bertz CT molecular complexity index is 1360. The highest BCUT2D eigenvalue weighted by atomic mass is 32.2. The fourth-order valence-corrected chi connectivity index (χ4v) is 5.12. The van der Waals surface area contributed by atoms with E-state index in [0.717, 1.165) is 0 Å². The van der Waals surface area contributed by atoms with E-state index in [2.05, 4.69) is 9.50 Å². The van der Waals surface area contributed by atoms with Gasteiger partial charge in [0.05, 0.1) is 31.9 Å². The second-order valence-electron chi connectivity index (χ2n) is 9.09. The van der Waals surface area contributed by atoms with Gasteiger partial charge >= 0.3 is 19.1 Å². The molecular weight excluding hydrogens is 499 g/mol. The summed E-state index contributed by atoms with van der Waals surface area (Å²) >= 11 is 0. The second-order valence-corrected chi connectivity index (χ2v) is 10.7. The first kappa shape index (κ1) is 26.4. The molecule has 0 amide bonds. The van der Waals surface area contributed by atoms with Gasteiger partial charge in [-0.15, -0.1) is 4.40 Å². The summed E-state index contributed by atoms with van der Waals surface area (Å²) in [4.78, 5) is 25.9. The highest BCUT2D eigenvalue weighted by molar-refractivity contribution is 7.90. The Morgan fingerprint density at radius 3 is 2.49 bits per heavy atom. The average Bonchev–Trinajstić information content (AvgIpc) is 3.10. The van der Waals surface area contributed by atoms with Gasteiger partial charge in [-0.3, -0.25) is 14.5 Å². The number of sulfonamides is 1. The van der Waals surface area contributed by atoms with Crippen LogP contribution in [-0.2, 0) is 28.9 Å². The van der Waals surface area contributed by atoms with E-state index in [1.54, 1.807) is 54.7 Å². The Labute approximate surface area is 215 Å². The molecule has 0 spiro atoms. The zero-order chi connectivity index (χ0) is 26.7. The summed E-state index contributed by atoms with van der Waals surface area (Å²) in [6.45, 7) is 4.31. The number of hydrazone groups is 1. The first-order chi connectivity index (χ1) is 17.6. The van der Waals surface area contributed by atoms with Gasteiger partial charge in [0.2, 0.25) is 0 Å². The lowest BCUT2D eigenvalue weighted by atomic mass is 9.77. The number of likely N-dealkylation sites (N-methyl/N-ethyl adjacent to an activating group) is 1. The minimum absolute atomic E-state index is 0.0485. The molecule has 0 atom stereocenters. The predicted molar refractivity (Wildman–Crippen MR) is 137 cm³/mol. The zero-order valence-electron chi connectivity index (χ0n) is 20.9. The monoisotopic (exact) mass is 526 g/mol. The number of hydrogen-bond donors (Lipinski definition) is 0. The minimum atomic E-state index is -3.80. The fourth-order valence-electron chi connectivity index (χ4n) is 3.91. The second kappa shape index (κ2) is 10.7. The molecule has 1 saturated heterocycles. The van der Waals surface area contributed by atoms with Gasteiger partial charge in [-0.1, -0.05) is 38.1 Å². The van der Waals surface area contributed by atoms with Crippen LogP contribution >= 0.6 is 0 Å². The highest BCUT2D eigenvalue weighted by Gasteiger charge is 2.36. The zero-order valence-corrected chi connectivity index (χ0v) is 21.8. The van der Waals surface area contributed by atoms with Gasteiger partial charge in [-0.25, -0.2) is 5.01 Å². The Morgan fingerprint density at radius 1 is 1.16 bits per heavy atom. The molecule has 0 aromatic heterocycles. The lowest BCUT2D eigenvalue weighted by molar-refractivity contribution is -0.145. The van der Waals surface area contributed by atoms with Gasteiger partial charge in [-0.2, -0.15) is 13.5 Å². The van der Waals surface area contributed by atoms with Crippen LogP contribution < -0.4 is 10.2 Å². The molecule has 0 aliphatic carbocycles. The summed E-state index contributed by atoms with van der Waals surface area (Å²) in [5, 5.41) is 6.10. The number of rotatable bonds is 6. The maximum Gasteiger partial charge on any atom is 0.640 e.